The van der Waals surface area contributed by atoms with Crippen molar-refractivity contribution in [1.29, 1.82) is 0 Å². The molecule has 1 fully saturated rings. The van der Waals surface area contributed by atoms with Crippen LogP contribution in [0.5, 0.6) is 0 Å². The highest BCUT2D eigenvalue weighted by atomic mass is 16.6. The minimum absolute atomic E-state index is 0.0375. The molecule has 138 valence electrons. The van der Waals surface area contributed by atoms with Gasteiger partial charge in [0.25, 0.3) is 5.69 Å². The molecule has 2 unspecified atom stereocenters. The maximum absolute atomic E-state index is 12.2. The number of amides is 1. The second kappa shape index (κ2) is 10.2. The molecular weight excluding hydrogens is 316 g/mol. The van der Waals surface area contributed by atoms with Crippen LogP contribution in [0.4, 0.5) is 5.69 Å². The van der Waals surface area contributed by atoms with Crippen LogP contribution in [0.15, 0.2) is 24.3 Å². The van der Waals surface area contributed by atoms with Gasteiger partial charge in [-0.3, -0.25) is 14.9 Å². The summed E-state index contributed by atoms with van der Waals surface area (Å²) in [7, 11) is 0. The molecular formula is C20H30N2O3. The van der Waals surface area contributed by atoms with E-state index in [1.165, 1.54) is 57.1 Å². The molecule has 5 nitrogen and oxygen atoms in total. The fourth-order valence-corrected chi connectivity index (χ4v) is 3.30. The van der Waals surface area contributed by atoms with Crippen LogP contribution >= 0.6 is 0 Å². The lowest BCUT2D eigenvalue weighted by molar-refractivity contribution is -0.384. The number of carbonyl (C=O) groups excluding carboxylic acids is 1. The van der Waals surface area contributed by atoms with Crippen molar-refractivity contribution >= 4 is 11.6 Å². The van der Waals surface area contributed by atoms with E-state index in [4.69, 9.17) is 0 Å². The molecule has 0 bridgehead atoms. The van der Waals surface area contributed by atoms with E-state index < -0.39 is 4.92 Å². The van der Waals surface area contributed by atoms with Crippen LogP contribution in [0.2, 0.25) is 0 Å². The van der Waals surface area contributed by atoms with Crippen LogP contribution in [0.3, 0.4) is 0 Å². The standard InChI is InChI=1S/C20H30N2O3/c1-2-3-4-5-6-7-8-9-14-21-20(23)19-15-18(19)16-10-12-17(13-11-16)22(24)25/h10-13,18-19H,2-9,14-15H2,1H3,(H,21,23). The molecule has 25 heavy (non-hydrogen) atoms. The monoisotopic (exact) mass is 346 g/mol. The van der Waals surface area contributed by atoms with Gasteiger partial charge in [-0.2, -0.15) is 0 Å². The van der Waals surface area contributed by atoms with Gasteiger partial charge < -0.3 is 5.32 Å². The topological polar surface area (TPSA) is 72.2 Å². The summed E-state index contributed by atoms with van der Waals surface area (Å²) in [4.78, 5) is 22.4. The maximum atomic E-state index is 12.2. The summed E-state index contributed by atoms with van der Waals surface area (Å²) in [5.41, 5.74) is 1.12. The Morgan fingerprint density at radius 3 is 2.28 bits per heavy atom. The molecule has 1 saturated carbocycles. The molecule has 1 aliphatic carbocycles. The van der Waals surface area contributed by atoms with Crippen molar-refractivity contribution in [3.63, 3.8) is 0 Å². The zero-order valence-electron chi connectivity index (χ0n) is 15.2. The van der Waals surface area contributed by atoms with Gasteiger partial charge in [0.2, 0.25) is 5.91 Å². The normalized spacial score (nSPS) is 18.8. The van der Waals surface area contributed by atoms with Crippen LogP contribution in [-0.4, -0.2) is 17.4 Å². The van der Waals surface area contributed by atoms with Gasteiger partial charge in [0.15, 0.2) is 0 Å². The highest BCUT2D eigenvalue weighted by Gasteiger charge is 2.43. The third-order valence-corrected chi connectivity index (χ3v) is 4.99. The SMILES string of the molecule is CCCCCCCCCCNC(=O)C1CC1c1ccc([N+](=O)[O-])cc1. The highest BCUT2D eigenvalue weighted by Crippen LogP contribution is 2.47. The second-order valence-corrected chi connectivity index (χ2v) is 7.06. The van der Waals surface area contributed by atoms with Gasteiger partial charge in [-0.15, -0.1) is 0 Å². The number of nitro groups is 1. The van der Waals surface area contributed by atoms with Crippen molar-refractivity contribution in [2.24, 2.45) is 5.92 Å². The molecule has 0 spiro atoms. The van der Waals surface area contributed by atoms with Crippen molar-refractivity contribution in [1.82, 2.24) is 5.32 Å². The molecule has 1 aromatic carbocycles. The first-order valence-corrected chi connectivity index (χ1v) is 9.65. The average molecular weight is 346 g/mol. The number of nitrogens with one attached hydrogen (secondary N) is 1. The number of unbranched alkanes of at least 4 members (excludes halogenated alkanes) is 7. The van der Waals surface area contributed by atoms with Gasteiger partial charge in [0, 0.05) is 24.6 Å². The number of non-ortho nitro benzene ring substituents is 1. The fourth-order valence-electron chi connectivity index (χ4n) is 3.30. The third-order valence-electron chi connectivity index (χ3n) is 4.99. The van der Waals surface area contributed by atoms with E-state index in [1.807, 2.05) is 0 Å². The fraction of sp³-hybridized carbons (Fsp3) is 0.650. The number of carbonyl (C=O) groups is 1. The molecule has 1 amide bonds. The van der Waals surface area contributed by atoms with E-state index in [-0.39, 0.29) is 23.4 Å². The van der Waals surface area contributed by atoms with Crippen LogP contribution in [0, 0.1) is 16.0 Å². The predicted octanol–water partition coefficient (Wildman–Crippen LogP) is 4.96. The smallest absolute Gasteiger partial charge is 0.269 e. The van der Waals surface area contributed by atoms with E-state index in [0.29, 0.717) is 0 Å². The summed E-state index contributed by atoms with van der Waals surface area (Å²) in [6.07, 6.45) is 10.9. The Kier molecular flexibility index (Phi) is 7.89. The van der Waals surface area contributed by atoms with Crippen molar-refractivity contribution in [2.45, 2.75) is 70.6 Å². The summed E-state index contributed by atoms with van der Waals surface area (Å²) in [5, 5.41) is 13.7. The van der Waals surface area contributed by atoms with Gasteiger partial charge in [-0.25, -0.2) is 0 Å². The number of rotatable bonds is 12. The molecule has 0 aromatic heterocycles. The van der Waals surface area contributed by atoms with E-state index in [1.54, 1.807) is 12.1 Å². The lowest BCUT2D eigenvalue weighted by Crippen LogP contribution is -2.26. The quantitative estimate of drug-likeness (QED) is 0.330. The van der Waals surface area contributed by atoms with Crippen molar-refractivity contribution in [3.05, 3.63) is 39.9 Å². The predicted molar refractivity (Wildman–Crippen MR) is 99.6 cm³/mol. The molecule has 5 heteroatoms. The summed E-state index contributed by atoms with van der Waals surface area (Å²) < 4.78 is 0. The molecule has 2 rings (SSSR count). The zero-order chi connectivity index (χ0) is 18.1. The number of nitrogens with zero attached hydrogens (tertiary/aromatic N) is 1. The molecule has 1 aliphatic rings. The number of nitro benzene ring substituents is 1. The average Bonchev–Trinajstić information content (AvgIpc) is 3.41. The van der Waals surface area contributed by atoms with E-state index in [9.17, 15) is 14.9 Å². The number of hydrogen-bond acceptors (Lipinski definition) is 3. The molecule has 0 aliphatic heterocycles. The lowest BCUT2D eigenvalue weighted by Gasteiger charge is -2.05. The summed E-state index contributed by atoms with van der Waals surface area (Å²) in [6, 6.07) is 6.58. The van der Waals surface area contributed by atoms with Crippen LogP contribution in [-0.2, 0) is 4.79 Å². The van der Waals surface area contributed by atoms with Gasteiger partial charge >= 0.3 is 0 Å². The van der Waals surface area contributed by atoms with Gasteiger partial charge in [-0.1, -0.05) is 64.0 Å². The Morgan fingerprint density at radius 1 is 1.08 bits per heavy atom. The third kappa shape index (κ3) is 6.48. The van der Waals surface area contributed by atoms with E-state index >= 15 is 0 Å². The summed E-state index contributed by atoms with van der Waals surface area (Å²) in [6.45, 7) is 2.99. The van der Waals surface area contributed by atoms with E-state index in [0.717, 1.165) is 24.9 Å². The minimum Gasteiger partial charge on any atom is -0.356 e. The Balaban J connectivity index is 1.56. The highest BCUT2D eigenvalue weighted by molar-refractivity contribution is 5.82. The maximum Gasteiger partial charge on any atom is 0.269 e. The lowest BCUT2D eigenvalue weighted by atomic mass is 10.1. The van der Waals surface area contributed by atoms with Gasteiger partial charge in [0.05, 0.1) is 4.92 Å². The number of hydrogen-bond donors (Lipinski definition) is 1. The molecule has 0 heterocycles. The Bertz CT molecular complexity index is 557. The summed E-state index contributed by atoms with van der Waals surface area (Å²) in [5.74, 6) is 0.390. The first-order chi connectivity index (χ1) is 12.1. The number of benzene rings is 1. The molecule has 0 radical (unpaired) electrons. The zero-order valence-corrected chi connectivity index (χ0v) is 15.2. The Morgan fingerprint density at radius 2 is 1.68 bits per heavy atom. The van der Waals surface area contributed by atoms with Crippen LogP contribution in [0.1, 0.15) is 76.2 Å². The first kappa shape index (κ1) is 19.4. The Labute approximate surface area is 150 Å². The molecule has 0 saturated heterocycles. The van der Waals surface area contributed by atoms with Crippen molar-refractivity contribution < 1.29 is 9.72 Å². The van der Waals surface area contributed by atoms with E-state index in [2.05, 4.69) is 12.2 Å². The summed E-state index contributed by atoms with van der Waals surface area (Å²) >= 11 is 0. The minimum atomic E-state index is -0.398. The molecule has 2 atom stereocenters. The second-order valence-electron chi connectivity index (χ2n) is 7.06. The van der Waals surface area contributed by atoms with Crippen molar-refractivity contribution in [3.8, 4) is 0 Å². The molecule has 1 N–H and O–H groups in total. The van der Waals surface area contributed by atoms with Crippen LogP contribution < -0.4 is 5.32 Å². The molecule has 1 aromatic rings. The van der Waals surface area contributed by atoms with Gasteiger partial charge in [-0.05, 0) is 24.3 Å². The van der Waals surface area contributed by atoms with Gasteiger partial charge in [0.1, 0.15) is 0 Å². The largest absolute Gasteiger partial charge is 0.356 e. The Hall–Kier alpha value is -1.91. The van der Waals surface area contributed by atoms with Crippen molar-refractivity contribution in [2.75, 3.05) is 6.54 Å². The van der Waals surface area contributed by atoms with Crippen LogP contribution in [0.25, 0.3) is 0 Å². The first-order valence-electron chi connectivity index (χ1n) is 9.65.